The molecule has 3 aliphatic rings. The smallest absolute Gasteiger partial charge is 0.386 e. The van der Waals surface area contributed by atoms with Crippen LogP contribution in [-0.2, 0) is 43.9 Å². The van der Waals surface area contributed by atoms with E-state index in [9.17, 15) is 24.5 Å². The molecule has 3 saturated heterocycles. The van der Waals surface area contributed by atoms with Gasteiger partial charge in [-0.05, 0) is 11.8 Å². The van der Waals surface area contributed by atoms with Gasteiger partial charge in [0.15, 0.2) is 29.3 Å². The van der Waals surface area contributed by atoms with Crippen molar-refractivity contribution in [2.75, 3.05) is 24.7 Å². The van der Waals surface area contributed by atoms with Crippen molar-refractivity contribution < 1.29 is 47.2 Å². The maximum absolute atomic E-state index is 13.5. The lowest BCUT2D eigenvalue weighted by molar-refractivity contribution is -0.0610. The molecule has 4 unspecified atom stereocenters. The molecule has 7 rings (SSSR count). The van der Waals surface area contributed by atoms with E-state index in [0.717, 1.165) is 0 Å². The summed E-state index contributed by atoms with van der Waals surface area (Å²) in [6.07, 6.45) is -7.30. The number of hydrogen-bond donors (Lipinski definition) is 7. The van der Waals surface area contributed by atoms with Crippen LogP contribution in [0.1, 0.15) is 12.5 Å². The van der Waals surface area contributed by atoms with Crippen LogP contribution >= 0.6 is 25.8 Å². The van der Waals surface area contributed by atoms with E-state index in [0.29, 0.717) is 5.39 Å². The van der Waals surface area contributed by atoms with E-state index in [1.807, 2.05) is 0 Å². The topological polar surface area (TPSA) is 292 Å². The van der Waals surface area contributed by atoms with Gasteiger partial charge in [-0.1, -0.05) is 12.2 Å². The fourth-order valence-corrected chi connectivity index (χ4v) is 8.18. The first-order valence-electron chi connectivity index (χ1n) is 13.0. The fourth-order valence-electron chi connectivity index (χ4n) is 5.28. The van der Waals surface area contributed by atoms with Gasteiger partial charge in [0.25, 0.3) is 5.56 Å². The number of fused-ring (bicyclic) bond motifs is 5. The number of rotatable bonds is 2. The van der Waals surface area contributed by atoms with Gasteiger partial charge >= 0.3 is 13.5 Å². The molecule has 3 fully saturated rings. The number of aliphatic hydroxyl groups excluding tert-OH is 2. The molecule has 4 aromatic heterocycles. The second-order valence-corrected chi connectivity index (χ2v) is 15.8. The molecule has 45 heavy (non-hydrogen) atoms. The number of imidazole rings is 1. The van der Waals surface area contributed by atoms with Crippen molar-refractivity contribution in [3.63, 3.8) is 0 Å². The Balaban J connectivity index is 1.21. The van der Waals surface area contributed by atoms with Crippen LogP contribution < -0.4 is 17.0 Å². The van der Waals surface area contributed by atoms with Crippen LogP contribution in [0.25, 0.3) is 22.2 Å². The lowest BCUT2D eigenvalue weighted by Crippen LogP contribution is -2.36. The minimum Gasteiger partial charge on any atom is -0.387 e. The predicted molar refractivity (Wildman–Crippen MR) is 157 cm³/mol. The Morgan fingerprint density at radius 3 is 2.58 bits per heavy atom. The van der Waals surface area contributed by atoms with Crippen LogP contribution in [0.2, 0.25) is 0 Å². The molecule has 0 radical (unpaired) electrons. The van der Waals surface area contributed by atoms with E-state index >= 15 is 0 Å². The third kappa shape index (κ3) is 5.56. The third-order valence-electron chi connectivity index (χ3n) is 7.32. The first-order chi connectivity index (χ1) is 21.3. The van der Waals surface area contributed by atoms with Crippen molar-refractivity contribution in [3.05, 3.63) is 29.2 Å². The summed E-state index contributed by atoms with van der Waals surface area (Å²) in [6.45, 7) is -9.69. The summed E-state index contributed by atoms with van der Waals surface area (Å²) in [7, 11) is 0. The Hall–Kier alpha value is -2.63. The minimum atomic E-state index is -4.37. The predicted octanol–water partition coefficient (Wildman–Crippen LogP) is -1.29. The Kier molecular flexibility index (Phi) is 7.76. The molecule has 4 aromatic rings. The molecule has 21 nitrogen and oxygen atoms in total. The molecular weight excluding hydrogens is 682 g/mol. The van der Waals surface area contributed by atoms with Crippen LogP contribution in [0.15, 0.2) is 23.6 Å². The number of anilines is 2. The zero-order valence-electron chi connectivity index (χ0n) is 22.4. The van der Waals surface area contributed by atoms with Gasteiger partial charge < -0.3 is 40.6 Å². The molecule has 8 N–H and O–H groups in total. The molecule has 0 aliphatic carbocycles. The fraction of sp³-hybridized carbons (Fsp3) is 0.500. The average Bonchev–Trinajstić information content (AvgIpc) is 3.72. The summed E-state index contributed by atoms with van der Waals surface area (Å²) in [4.78, 5) is 41.8. The van der Waals surface area contributed by atoms with Crippen molar-refractivity contribution >= 4 is 71.5 Å². The van der Waals surface area contributed by atoms with E-state index in [4.69, 9.17) is 50.8 Å². The standard InChI is InChI=1S/C20H24N10O11P2S2/c21-14-6-1-26-30(15(6)24-4-23-14)18-11(32)12-8(39-18)3-37-43(35,45)41-13-10(31)7(2-36-42(34,44)40-12)38-19(13)29-5-25-9-16(29)27-20(22)28-17(9)33/h1,4-5,7-8,10-13,18-19,31-32H,2-3H2,(H,34,44)(H,35,45)(H2,21,23,24)(H3,22,27,28,33)/t7-,8-,10+,11+,12?,13?,18-,19-,42?,43?/m1/s1. The molecule has 2 bridgehead atoms. The van der Waals surface area contributed by atoms with Crippen molar-refractivity contribution in [2.24, 2.45) is 0 Å². The maximum Gasteiger partial charge on any atom is 0.386 e. The Morgan fingerprint density at radius 1 is 1.02 bits per heavy atom. The molecule has 0 saturated carbocycles. The maximum atomic E-state index is 13.5. The van der Waals surface area contributed by atoms with Gasteiger partial charge in [0, 0.05) is 0 Å². The van der Waals surface area contributed by atoms with Crippen molar-refractivity contribution in [3.8, 4) is 0 Å². The highest BCUT2D eigenvalue weighted by Crippen LogP contribution is 2.58. The normalized spacial score (nSPS) is 37.7. The van der Waals surface area contributed by atoms with Crippen LogP contribution in [0, 0.1) is 0 Å². The summed E-state index contributed by atoms with van der Waals surface area (Å²) in [5.74, 6) is -0.0837. The third-order valence-corrected chi connectivity index (χ3v) is 10.5. The van der Waals surface area contributed by atoms with Crippen LogP contribution in [0.5, 0.6) is 0 Å². The largest absolute Gasteiger partial charge is 0.387 e. The number of aliphatic hydroxyl groups is 2. The molecule has 3 aliphatic heterocycles. The van der Waals surface area contributed by atoms with Gasteiger partial charge in [-0.2, -0.15) is 10.1 Å². The summed E-state index contributed by atoms with van der Waals surface area (Å²) < 4.78 is 50.3. The number of aromatic nitrogens is 8. The van der Waals surface area contributed by atoms with Gasteiger partial charge in [-0.25, -0.2) is 24.2 Å². The van der Waals surface area contributed by atoms with E-state index in [1.54, 1.807) is 0 Å². The Morgan fingerprint density at radius 2 is 1.78 bits per heavy atom. The number of hydrogen-bond acceptors (Lipinski definition) is 18. The van der Waals surface area contributed by atoms with Crippen LogP contribution in [0.3, 0.4) is 0 Å². The molecule has 10 atom stereocenters. The molecule has 242 valence electrons. The molecule has 7 heterocycles. The zero-order valence-corrected chi connectivity index (χ0v) is 25.9. The van der Waals surface area contributed by atoms with E-state index in [-0.39, 0.29) is 28.6 Å². The van der Waals surface area contributed by atoms with Crippen molar-refractivity contribution in [1.82, 2.24) is 39.3 Å². The highest BCUT2D eigenvalue weighted by molar-refractivity contribution is 8.44. The van der Waals surface area contributed by atoms with Gasteiger partial charge in [0.2, 0.25) is 5.95 Å². The summed E-state index contributed by atoms with van der Waals surface area (Å²) in [6, 6.07) is 0. The number of nitrogens with two attached hydrogens (primary N) is 2. The molecule has 0 spiro atoms. The first-order valence-corrected chi connectivity index (χ1v) is 18.2. The van der Waals surface area contributed by atoms with E-state index < -0.39 is 81.4 Å². The second-order valence-electron chi connectivity index (χ2n) is 10.1. The van der Waals surface area contributed by atoms with Gasteiger partial charge in [0.1, 0.15) is 48.8 Å². The zero-order chi connectivity index (χ0) is 31.8. The number of nitrogen functional groups attached to an aromatic ring is 2. The average molecular weight is 707 g/mol. The van der Waals surface area contributed by atoms with Gasteiger partial charge in [-0.3, -0.25) is 27.9 Å². The summed E-state index contributed by atoms with van der Waals surface area (Å²) in [5.41, 5.74) is 11.1. The number of H-pyrrole nitrogens is 1. The van der Waals surface area contributed by atoms with Gasteiger partial charge in [0.05, 0.1) is 31.1 Å². The van der Waals surface area contributed by atoms with Crippen molar-refractivity contribution in [2.45, 2.75) is 49.1 Å². The monoisotopic (exact) mass is 706 g/mol. The summed E-state index contributed by atoms with van der Waals surface area (Å²) in [5, 5.41) is 27.0. The van der Waals surface area contributed by atoms with Crippen LogP contribution in [-0.4, -0.2) is 104 Å². The SMILES string of the molecule is Nc1nc2c(ncn2[C@@H]2O[C@@H]3COP(O)(=S)OC4[C@@H](COP(=O)(S)OC2[C@H]3O)O[C@@H](n2ncc3c(N)ncnc32)[C@H]4O)c(=O)[nH]1. The summed E-state index contributed by atoms with van der Waals surface area (Å²) >= 11 is 9.29. The quantitative estimate of drug-likeness (QED) is 0.0942. The minimum absolute atomic E-state index is 0.0318. The molecule has 25 heteroatoms. The highest BCUT2D eigenvalue weighted by Gasteiger charge is 2.53. The number of aromatic amines is 1. The highest BCUT2D eigenvalue weighted by atomic mass is 32.7. The number of nitrogens with zero attached hydrogens (tertiary/aromatic N) is 7. The first kappa shape index (κ1) is 31.0. The number of thiol groups is 1. The van der Waals surface area contributed by atoms with E-state index in [1.165, 1.54) is 28.1 Å². The Labute approximate surface area is 260 Å². The van der Waals surface area contributed by atoms with Crippen LogP contribution in [0.4, 0.5) is 11.8 Å². The van der Waals surface area contributed by atoms with Crippen molar-refractivity contribution in [1.29, 1.82) is 0 Å². The lowest BCUT2D eigenvalue weighted by atomic mass is 10.1. The van der Waals surface area contributed by atoms with E-state index in [2.05, 4.69) is 42.3 Å². The Bertz CT molecular complexity index is 1940. The molecule has 0 aromatic carbocycles. The number of ether oxygens (including phenoxy) is 2. The lowest BCUT2D eigenvalue weighted by Gasteiger charge is -2.27. The molecular formula is C20H24N10O11P2S2. The molecule has 0 amide bonds. The number of nitrogens with one attached hydrogen (secondary N) is 1. The second kappa shape index (κ2) is 11.3. The van der Waals surface area contributed by atoms with Gasteiger partial charge in [-0.15, -0.1) is 0 Å².